The summed E-state index contributed by atoms with van der Waals surface area (Å²) >= 11 is 6.24. The molecule has 1 unspecified atom stereocenters. The number of carbonyl (C=O) groups is 1. The monoisotopic (exact) mass is 288 g/mol. The molecular weight excluding hydrogens is 276 g/mol. The van der Waals surface area contributed by atoms with E-state index in [0.717, 1.165) is 11.8 Å². The summed E-state index contributed by atoms with van der Waals surface area (Å²) in [5.41, 5.74) is 0. The maximum Gasteiger partial charge on any atom is 0.317 e. The van der Waals surface area contributed by atoms with E-state index in [9.17, 15) is 4.79 Å². The van der Waals surface area contributed by atoms with Gasteiger partial charge >= 0.3 is 5.97 Å². The maximum atomic E-state index is 10.1. The first-order valence-corrected chi connectivity index (χ1v) is 5.65. The van der Waals surface area contributed by atoms with Gasteiger partial charge < -0.3 is 5.11 Å². The first kappa shape index (κ1) is 14.0. The number of carboxylic acid groups (broad SMARTS) is 1. The van der Waals surface area contributed by atoms with Gasteiger partial charge in [-0.3, -0.25) is 4.79 Å². The normalized spacial score (nSPS) is 11.3. The second-order valence-electron chi connectivity index (χ2n) is 1.64. The van der Waals surface area contributed by atoms with Gasteiger partial charge in [0.1, 0.15) is 4.83 Å². The fraction of sp³-hybridized carbons (Fsp3) is 0.857. The maximum absolute atomic E-state index is 10.1. The highest BCUT2D eigenvalue weighted by molar-refractivity contribution is 9.10. The Labute approximate surface area is 84.6 Å². The van der Waals surface area contributed by atoms with E-state index in [0.29, 0.717) is 6.42 Å². The minimum atomic E-state index is -0.782. The number of carboxylic acids is 1. The average molecular weight is 290 g/mol. The molecule has 0 heterocycles. The highest BCUT2D eigenvalue weighted by Gasteiger charge is 2.10. The number of rotatable bonds is 4. The van der Waals surface area contributed by atoms with Crippen molar-refractivity contribution in [2.24, 2.45) is 0 Å². The molecule has 4 heteroatoms. The van der Waals surface area contributed by atoms with Crippen molar-refractivity contribution in [2.45, 2.75) is 31.5 Å². The Kier molecular flexibility index (Phi) is 13.3. The molecule has 0 aliphatic heterocycles. The molecule has 0 saturated carbocycles. The number of alkyl halides is 2. The summed E-state index contributed by atoms with van der Waals surface area (Å²) in [5, 5.41) is 9.21. The molecule has 0 rings (SSSR count). The van der Waals surface area contributed by atoms with Crippen LogP contribution < -0.4 is 0 Å². The molecule has 0 aliphatic carbocycles. The smallest absolute Gasteiger partial charge is 0.317 e. The Morgan fingerprint density at radius 2 is 2.00 bits per heavy atom. The summed E-state index contributed by atoms with van der Waals surface area (Å²) in [7, 11) is 0. The number of hydrogen-bond donors (Lipinski definition) is 1. The quantitative estimate of drug-likeness (QED) is 0.808. The third-order valence-electron chi connectivity index (χ3n) is 0.859. The molecular formula is C7H14Br2O2. The lowest BCUT2D eigenvalue weighted by atomic mass is 10.2. The van der Waals surface area contributed by atoms with Gasteiger partial charge in [-0.15, -0.1) is 0 Å². The van der Waals surface area contributed by atoms with E-state index in [4.69, 9.17) is 5.11 Å². The van der Waals surface area contributed by atoms with E-state index in [2.05, 4.69) is 31.9 Å². The summed E-state index contributed by atoms with van der Waals surface area (Å²) in [6.07, 6.45) is 1.57. The predicted octanol–water partition coefficient (Wildman–Crippen LogP) is 3.04. The van der Waals surface area contributed by atoms with Crippen molar-refractivity contribution in [3.8, 4) is 0 Å². The molecule has 11 heavy (non-hydrogen) atoms. The molecule has 1 N–H and O–H groups in total. The molecule has 68 valence electrons. The molecule has 0 fully saturated rings. The summed E-state index contributed by atoms with van der Waals surface area (Å²) in [6.45, 7) is 4.00. The Balaban J connectivity index is 0. The minimum absolute atomic E-state index is 0.380. The van der Waals surface area contributed by atoms with Crippen LogP contribution in [0.2, 0.25) is 0 Å². The third-order valence-corrected chi connectivity index (χ3v) is 2.27. The summed E-state index contributed by atoms with van der Waals surface area (Å²) < 4.78 is 0. The zero-order valence-corrected chi connectivity index (χ0v) is 9.98. The van der Waals surface area contributed by atoms with Crippen molar-refractivity contribution in [2.75, 3.05) is 5.33 Å². The van der Waals surface area contributed by atoms with Crippen molar-refractivity contribution >= 4 is 37.8 Å². The van der Waals surface area contributed by atoms with Crippen LogP contribution in [0.25, 0.3) is 0 Å². The van der Waals surface area contributed by atoms with Crippen molar-refractivity contribution in [1.29, 1.82) is 0 Å². The van der Waals surface area contributed by atoms with Crippen LogP contribution in [0, 0.1) is 0 Å². The van der Waals surface area contributed by atoms with Crippen molar-refractivity contribution in [3.63, 3.8) is 0 Å². The molecule has 0 aromatic heterocycles. The molecule has 0 aliphatic rings. The van der Waals surface area contributed by atoms with Gasteiger partial charge in [-0.1, -0.05) is 45.7 Å². The summed E-state index contributed by atoms with van der Waals surface area (Å²) in [5.74, 6) is -0.782. The topological polar surface area (TPSA) is 37.3 Å². The van der Waals surface area contributed by atoms with E-state index in [1.807, 2.05) is 13.8 Å². The van der Waals surface area contributed by atoms with E-state index in [-0.39, 0.29) is 4.83 Å². The number of hydrogen-bond acceptors (Lipinski definition) is 1. The SMILES string of the molecule is CC.O=C(O)C(Br)CCCBr. The van der Waals surface area contributed by atoms with Crippen LogP contribution in [-0.4, -0.2) is 21.2 Å². The van der Waals surface area contributed by atoms with Gasteiger partial charge in [0.25, 0.3) is 0 Å². The van der Waals surface area contributed by atoms with Gasteiger partial charge in [0.05, 0.1) is 0 Å². The van der Waals surface area contributed by atoms with E-state index in [1.165, 1.54) is 0 Å². The summed E-state index contributed by atoms with van der Waals surface area (Å²) in [6, 6.07) is 0. The van der Waals surface area contributed by atoms with E-state index in [1.54, 1.807) is 0 Å². The predicted molar refractivity (Wildman–Crippen MR) is 54.7 cm³/mol. The highest BCUT2D eigenvalue weighted by atomic mass is 79.9. The Hall–Kier alpha value is 0.430. The van der Waals surface area contributed by atoms with Crippen molar-refractivity contribution in [3.05, 3.63) is 0 Å². The molecule has 0 radical (unpaired) electrons. The van der Waals surface area contributed by atoms with E-state index >= 15 is 0 Å². The van der Waals surface area contributed by atoms with Crippen LogP contribution in [0.15, 0.2) is 0 Å². The lowest BCUT2D eigenvalue weighted by Gasteiger charge is -1.99. The lowest BCUT2D eigenvalue weighted by Crippen LogP contribution is -2.12. The van der Waals surface area contributed by atoms with Crippen LogP contribution >= 0.6 is 31.9 Å². The fourth-order valence-electron chi connectivity index (χ4n) is 0.380. The molecule has 0 spiro atoms. The lowest BCUT2D eigenvalue weighted by molar-refractivity contribution is -0.136. The minimum Gasteiger partial charge on any atom is -0.480 e. The molecule has 0 amide bonds. The number of halogens is 2. The Bertz CT molecular complexity index is 96.4. The largest absolute Gasteiger partial charge is 0.480 e. The van der Waals surface area contributed by atoms with Gasteiger partial charge in [-0.05, 0) is 12.8 Å². The van der Waals surface area contributed by atoms with Crippen molar-refractivity contribution < 1.29 is 9.90 Å². The van der Waals surface area contributed by atoms with Crippen LogP contribution in [0.4, 0.5) is 0 Å². The van der Waals surface area contributed by atoms with Crippen LogP contribution in [0.5, 0.6) is 0 Å². The van der Waals surface area contributed by atoms with Gasteiger partial charge in [0, 0.05) is 5.33 Å². The Morgan fingerprint density at radius 3 is 2.27 bits per heavy atom. The highest BCUT2D eigenvalue weighted by Crippen LogP contribution is 2.08. The Morgan fingerprint density at radius 1 is 1.55 bits per heavy atom. The molecule has 2 nitrogen and oxygen atoms in total. The van der Waals surface area contributed by atoms with Gasteiger partial charge in [-0.2, -0.15) is 0 Å². The van der Waals surface area contributed by atoms with Crippen LogP contribution in [-0.2, 0) is 4.79 Å². The standard InChI is InChI=1S/C5H8Br2O2.C2H6/c6-3-1-2-4(7)5(8)9;1-2/h4H,1-3H2,(H,8,9);1-2H3. The van der Waals surface area contributed by atoms with Gasteiger partial charge in [-0.25, -0.2) is 0 Å². The molecule has 0 bridgehead atoms. The van der Waals surface area contributed by atoms with Gasteiger partial charge in [0.2, 0.25) is 0 Å². The second-order valence-corrected chi connectivity index (χ2v) is 3.54. The average Bonchev–Trinajstić information content (AvgIpc) is 2.03. The summed E-state index contributed by atoms with van der Waals surface area (Å²) in [4.78, 5) is 9.76. The molecule has 0 aromatic rings. The number of aliphatic carboxylic acids is 1. The van der Waals surface area contributed by atoms with Crippen molar-refractivity contribution in [1.82, 2.24) is 0 Å². The fourth-order valence-corrected chi connectivity index (χ4v) is 1.03. The zero-order chi connectivity index (χ0) is 9.28. The molecule has 0 saturated heterocycles. The van der Waals surface area contributed by atoms with E-state index < -0.39 is 5.97 Å². The molecule has 1 atom stereocenters. The second kappa shape index (κ2) is 10.4. The first-order chi connectivity index (χ1) is 5.18. The van der Waals surface area contributed by atoms with Gasteiger partial charge in [0.15, 0.2) is 0 Å². The van der Waals surface area contributed by atoms with Crippen LogP contribution in [0.3, 0.4) is 0 Å². The zero-order valence-electron chi connectivity index (χ0n) is 6.81. The van der Waals surface area contributed by atoms with Crippen LogP contribution in [0.1, 0.15) is 26.7 Å². The first-order valence-electron chi connectivity index (χ1n) is 3.61. The molecule has 0 aromatic carbocycles. The third kappa shape index (κ3) is 10.4.